The molecule has 0 aliphatic rings. The number of nitro groups is 1. The van der Waals surface area contributed by atoms with Crippen LogP contribution in [-0.4, -0.2) is 12.0 Å². The summed E-state index contributed by atoms with van der Waals surface area (Å²) in [6.07, 6.45) is 0. The summed E-state index contributed by atoms with van der Waals surface area (Å²) in [6.45, 7) is 11.6. The Balaban J connectivity index is 0. The van der Waals surface area contributed by atoms with Crippen molar-refractivity contribution >= 4 is 5.69 Å². The first-order valence-corrected chi connectivity index (χ1v) is 5.86. The zero-order valence-corrected chi connectivity index (χ0v) is 11.8. The zero-order chi connectivity index (χ0) is 14.0. The van der Waals surface area contributed by atoms with E-state index in [-0.39, 0.29) is 5.69 Å². The SMILES string of the molecule is CC.CC.COc1cc(C)c(C)c([N+](=O)[O-])c1. The summed E-state index contributed by atoms with van der Waals surface area (Å²) in [6, 6.07) is 3.21. The lowest BCUT2D eigenvalue weighted by atomic mass is 10.1. The number of benzene rings is 1. The summed E-state index contributed by atoms with van der Waals surface area (Å²) in [4.78, 5) is 10.2. The van der Waals surface area contributed by atoms with E-state index in [4.69, 9.17) is 4.74 Å². The van der Waals surface area contributed by atoms with Gasteiger partial charge < -0.3 is 4.74 Å². The molecule has 0 saturated carbocycles. The highest BCUT2D eigenvalue weighted by molar-refractivity contribution is 5.49. The molecule has 0 fully saturated rings. The molecule has 0 amide bonds. The van der Waals surface area contributed by atoms with Gasteiger partial charge in [0, 0.05) is 5.56 Å². The summed E-state index contributed by atoms with van der Waals surface area (Å²) >= 11 is 0. The molecule has 0 spiro atoms. The van der Waals surface area contributed by atoms with E-state index >= 15 is 0 Å². The number of aryl methyl sites for hydroxylation is 1. The van der Waals surface area contributed by atoms with Gasteiger partial charge in [-0.3, -0.25) is 10.1 Å². The van der Waals surface area contributed by atoms with Crippen LogP contribution in [0.2, 0.25) is 0 Å². The van der Waals surface area contributed by atoms with Gasteiger partial charge >= 0.3 is 0 Å². The maximum absolute atomic E-state index is 10.6. The molecule has 0 atom stereocenters. The van der Waals surface area contributed by atoms with Crippen LogP contribution in [0.15, 0.2) is 12.1 Å². The van der Waals surface area contributed by atoms with Crippen molar-refractivity contribution in [2.75, 3.05) is 7.11 Å². The molecular formula is C13H23NO3. The maximum Gasteiger partial charge on any atom is 0.276 e. The normalized spacial score (nSPS) is 8.18. The second-order valence-electron chi connectivity index (χ2n) is 2.85. The molecule has 0 heterocycles. The minimum atomic E-state index is -0.398. The van der Waals surface area contributed by atoms with E-state index in [1.807, 2.05) is 34.6 Å². The number of rotatable bonds is 2. The molecule has 1 aromatic rings. The minimum absolute atomic E-state index is 0.108. The number of methoxy groups -OCH3 is 1. The fourth-order valence-electron chi connectivity index (χ4n) is 1.12. The van der Waals surface area contributed by atoms with Gasteiger partial charge in [0.1, 0.15) is 5.75 Å². The lowest BCUT2D eigenvalue weighted by Gasteiger charge is -2.04. The standard InChI is InChI=1S/C9H11NO3.2C2H6/c1-6-4-8(13-3)5-9(7(6)2)10(11)12;2*1-2/h4-5H,1-3H3;2*1-2H3. The van der Waals surface area contributed by atoms with Crippen LogP contribution >= 0.6 is 0 Å². The second kappa shape index (κ2) is 9.63. The van der Waals surface area contributed by atoms with E-state index in [1.54, 1.807) is 13.0 Å². The molecule has 0 bridgehead atoms. The predicted molar refractivity (Wildman–Crippen MR) is 71.8 cm³/mol. The van der Waals surface area contributed by atoms with Crippen molar-refractivity contribution in [3.63, 3.8) is 0 Å². The second-order valence-corrected chi connectivity index (χ2v) is 2.85. The van der Waals surface area contributed by atoms with Crippen LogP contribution in [0, 0.1) is 24.0 Å². The Kier molecular flexibility index (Phi) is 10.1. The van der Waals surface area contributed by atoms with E-state index in [1.165, 1.54) is 13.2 Å². The monoisotopic (exact) mass is 241 g/mol. The van der Waals surface area contributed by atoms with Crippen molar-refractivity contribution in [2.45, 2.75) is 41.5 Å². The van der Waals surface area contributed by atoms with E-state index < -0.39 is 4.92 Å². The molecule has 17 heavy (non-hydrogen) atoms. The number of nitrogens with zero attached hydrogens (tertiary/aromatic N) is 1. The third kappa shape index (κ3) is 5.33. The molecule has 4 heteroatoms. The Morgan fingerprint density at radius 1 is 1.12 bits per heavy atom. The predicted octanol–water partition coefficient (Wildman–Crippen LogP) is 4.27. The Morgan fingerprint density at radius 2 is 1.59 bits per heavy atom. The molecule has 0 radical (unpaired) electrons. The average Bonchev–Trinajstić information content (AvgIpc) is 2.37. The van der Waals surface area contributed by atoms with Crippen LogP contribution in [0.3, 0.4) is 0 Å². The topological polar surface area (TPSA) is 52.4 Å². The van der Waals surface area contributed by atoms with Gasteiger partial charge in [0.25, 0.3) is 5.69 Å². The van der Waals surface area contributed by atoms with Gasteiger partial charge in [0.2, 0.25) is 0 Å². The van der Waals surface area contributed by atoms with Gasteiger partial charge in [0.15, 0.2) is 0 Å². The van der Waals surface area contributed by atoms with Gasteiger partial charge in [-0.15, -0.1) is 0 Å². The summed E-state index contributed by atoms with van der Waals surface area (Å²) in [5.74, 6) is 0.523. The van der Waals surface area contributed by atoms with Crippen molar-refractivity contribution in [3.8, 4) is 5.75 Å². The summed E-state index contributed by atoms with van der Waals surface area (Å²) in [7, 11) is 1.49. The molecule has 0 unspecified atom stereocenters. The van der Waals surface area contributed by atoms with Crippen LogP contribution in [0.4, 0.5) is 5.69 Å². The number of ether oxygens (including phenoxy) is 1. The summed E-state index contributed by atoms with van der Waals surface area (Å²) in [5, 5.41) is 10.6. The largest absolute Gasteiger partial charge is 0.496 e. The third-order valence-corrected chi connectivity index (χ3v) is 2.05. The molecule has 0 saturated heterocycles. The highest BCUT2D eigenvalue weighted by Crippen LogP contribution is 2.26. The molecule has 1 rings (SSSR count). The number of nitro benzene ring substituents is 1. The van der Waals surface area contributed by atoms with E-state index in [9.17, 15) is 10.1 Å². The Bertz CT molecular complexity index is 349. The first-order chi connectivity index (χ1) is 8.06. The maximum atomic E-state index is 10.6. The molecule has 0 N–H and O–H groups in total. The highest BCUT2D eigenvalue weighted by Gasteiger charge is 2.13. The molecule has 0 aromatic heterocycles. The number of hydrogen-bond acceptors (Lipinski definition) is 3. The fourth-order valence-corrected chi connectivity index (χ4v) is 1.12. The molecule has 4 nitrogen and oxygen atoms in total. The van der Waals surface area contributed by atoms with Gasteiger partial charge in [-0.1, -0.05) is 27.7 Å². The van der Waals surface area contributed by atoms with E-state index in [0.717, 1.165) is 5.56 Å². The molecule has 1 aromatic carbocycles. The Hall–Kier alpha value is -1.58. The first-order valence-electron chi connectivity index (χ1n) is 5.86. The van der Waals surface area contributed by atoms with Crippen LogP contribution in [0.25, 0.3) is 0 Å². The first kappa shape index (κ1) is 17.8. The van der Waals surface area contributed by atoms with Gasteiger partial charge in [-0.05, 0) is 25.5 Å². The molecule has 98 valence electrons. The van der Waals surface area contributed by atoms with Gasteiger partial charge in [0.05, 0.1) is 18.1 Å². The smallest absolute Gasteiger partial charge is 0.276 e. The number of hydrogen-bond donors (Lipinski definition) is 0. The van der Waals surface area contributed by atoms with Crippen molar-refractivity contribution < 1.29 is 9.66 Å². The fraction of sp³-hybridized carbons (Fsp3) is 0.538. The van der Waals surface area contributed by atoms with Gasteiger partial charge in [-0.2, -0.15) is 0 Å². The molecular weight excluding hydrogens is 218 g/mol. The van der Waals surface area contributed by atoms with Crippen molar-refractivity contribution in [1.29, 1.82) is 0 Å². The highest BCUT2D eigenvalue weighted by atomic mass is 16.6. The zero-order valence-electron chi connectivity index (χ0n) is 11.8. The lowest BCUT2D eigenvalue weighted by Crippen LogP contribution is -1.95. The van der Waals surface area contributed by atoms with E-state index in [2.05, 4.69) is 0 Å². The molecule has 0 aliphatic heterocycles. The third-order valence-electron chi connectivity index (χ3n) is 2.05. The van der Waals surface area contributed by atoms with Crippen molar-refractivity contribution in [2.24, 2.45) is 0 Å². The lowest BCUT2D eigenvalue weighted by molar-refractivity contribution is -0.385. The van der Waals surface area contributed by atoms with Crippen LogP contribution in [0.1, 0.15) is 38.8 Å². The van der Waals surface area contributed by atoms with E-state index in [0.29, 0.717) is 11.3 Å². The Labute approximate surface area is 104 Å². The molecule has 0 aliphatic carbocycles. The van der Waals surface area contributed by atoms with Crippen LogP contribution in [-0.2, 0) is 0 Å². The summed E-state index contributed by atoms with van der Waals surface area (Å²) in [5.41, 5.74) is 1.66. The quantitative estimate of drug-likeness (QED) is 0.573. The van der Waals surface area contributed by atoms with Crippen molar-refractivity contribution in [1.82, 2.24) is 0 Å². The van der Waals surface area contributed by atoms with Gasteiger partial charge in [-0.25, -0.2) is 0 Å². The van der Waals surface area contributed by atoms with Crippen LogP contribution in [0.5, 0.6) is 5.75 Å². The average molecular weight is 241 g/mol. The van der Waals surface area contributed by atoms with Crippen LogP contribution < -0.4 is 4.74 Å². The Morgan fingerprint density at radius 3 is 1.94 bits per heavy atom. The van der Waals surface area contributed by atoms with Crippen molar-refractivity contribution in [3.05, 3.63) is 33.4 Å². The summed E-state index contributed by atoms with van der Waals surface area (Å²) < 4.78 is 4.94. The minimum Gasteiger partial charge on any atom is -0.496 e.